The Balaban J connectivity index is 0. The van der Waals surface area contributed by atoms with Crippen molar-refractivity contribution in [1.82, 2.24) is 0 Å². The summed E-state index contributed by atoms with van der Waals surface area (Å²) in [5.41, 5.74) is 0. The predicted octanol–water partition coefficient (Wildman–Crippen LogP) is 1.69. The molecule has 3 heteroatoms. The fourth-order valence-corrected chi connectivity index (χ4v) is 0. The lowest BCUT2D eigenvalue weighted by Gasteiger charge is -1.74. The van der Waals surface area contributed by atoms with Crippen LogP contribution in [0.2, 0.25) is 0 Å². The molecule has 0 fully saturated rings. The third-order valence-electron chi connectivity index (χ3n) is 0.0630. The van der Waals surface area contributed by atoms with Crippen LogP contribution in [0.4, 0.5) is 0 Å². The number of nitrogens with two attached hydrogens (primary N) is 1. The molecule has 0 unspecified atom stereocenters. The van der Waals surface area contributed by atoms with E-state index in [9.17, 15) is 0 Å². The highest BCUT2D eigenvalue weighted by atomic mass is 127. The lowest BCUT2D eigenvalue weighted by Crippen LogP contribution is -1.92. The molecular formula is C4H12INO. The summed E-state index contributed by atoms with van der Waals surface area (Å²) >= 11 is 2.00. The van der Waals surface area contributed by atoms with Crippen LogP contribution in [0.25, 0.3) is 0 Å². The monoisotopic (exact) mass is 217 g/mol. The second-order valence-electron chi connectivity index (χ2n) is 0.983. The summed E-state index contributed by atoms with van der Waals surface area (Å²) in [5.74, 6) is 4.52. The van der Waals surface area contributed by atoms with Crippen molar-refractivity contribution >= 4 is 22.6 Å². The molecule has 0 aromatic carbocycles. The van der Waals surface area contributed by atoms with Crippen LogP contribution in [0.1, 0.15) is 20.3 Å². The molecule has 0 rings (SSSR count). The van der Waals surface area contributed by atoms with Crippen LogP contribution in [-0.2, 0) is 4.84 Å². The van der Waals surface area contributed by atoms with E-state index >= 15 is 0 Å². The zero-order valence-electron chi connectivity index (χ0n) is 4.78. The third kappa shape index (κ3) is 52.8. The largest absolute Gasteiger partial charge is 0.294 e. The Bertz CT molecular complexity index is 19.2. The zero-order chi connectivity index (χ0) is 6.12. The molecule has 2 N–H and O–H groups in total. The smallest absolute Gasteiger partial charge is 0.119 e. The van der Waals surface area contributed by atoms with Gasteiger partial charge in [-0.3, -0.25) is 4.84 Å². The Hall–Kier alpha value is 0.650. The average molecular weight is 217 g/mol. The number of halogens is 1. The van der Waals surface area contributed by atoms with Gasteiger partial charge in [0.25, 0.3) is 0 Å². The van der Waals surface area contributed by atoms with E-state index in [0.29, 0.717) is 4.61 Å². The van der Waals surface area contributed by atoms with Crippen LogP contribution >= 0.6 is 22.6 Å². The number of hydrogen-bond acceptors (Lipinski definition) is 2. The van der Waals surface area contributed by atoms with Crippen molar-refractivity contribution in [1.29, 1.82) is 0 Å². The highest BCUT2D eigenvalue weighted by Gasteiger charge is 1.54. The third-order valence-corrected chi connectivity index (χ3v) is 0.423. The topological polar surface area (TPSA) is 35.2 Å². The van der Waals surface area contributed by atoms with Crippen molar-refractivity contribution in [3.63, 3.8) is 0 Å². The zero-order valence-corrected chi connectivity index (χ0v) is 6.94. The van der Waals surface area contributed by atoms with Gasteiger partial charge >= 0.3 is 0 Å². The van der Waals surface area contributed by atoms with E-state index in [1.54, 1.807) is 0 Å². The molecule has 0 atom stereocenters. The molecule has 46 valence electrons. The molecule has 0 aliphatic rings. The van der Waals surface area contributed by atoms with Gasteiger partial charge in [0.15, 0.2) is 0 Å². The van der Waals surface area contributed by atoms with Gasteiger partial charge in [0, 0.05) is 0 Å². The Morgan fingerprint density at radius 2 is 1.71 bits per heavy atom. The maximum absolute atomic E-state index is 4.52. The predicted molar refractivity (Wildman–Crippen MR) is 40.1 cm³/mol. The Morgan fingerprint density at radius 1 is 1.57 bits per heavy atom. The first-order chi connectivity index (χ1) is 3.33. The molecule has 0 radical (unpaired) electrons. The Morgan fingerprint density at radius 3 is 1.71 bits per heavy atom. The van der Waals surface area contributed by atoms with Crippen molar-refractivity contribution in [2.24, 2.45) is 5.90 Å². The van der Waals surface area contributed by atoms with E-state index in [1.807, 2.05) is 22.6 Å². The minimum absolute atomic E-state index is 0.567. The molecular weight excluding hydrogens is 205 g/mol. The van der Waals surface area contributed by atoms with Gasteiger partial charge in [-0.25, -0.2) is 5.90 Å². The van der Waals surface area contributed by atoms with Crippen LogP contribution in [0.15, 0.2) is 0 Å². The second-order valence-corrected chi connectivity index (χ2v) is 1.61. The van der Waals surface area contributed by atoms with Gasteiger partial charge in [-0.1, -0.05) is 42.9 Å². The summed E-state index contributed by atoms with van der Waals surface area (Å²) < 4.78 is 0.567. The lowest BCUT2D eigenvalue weighted by molar-refractivity contribution is 0.198. The lowest BCUT2D eigenvalue weighted by atomic mass is 10.6. The summed E-state index contributed by atoms with van der Waals surface area (Å²) in [7, 11) is 0. The maximum Gasteiger partial charge on any atom is 0.119 e. The highest BCUT2D eigenvalue weighted by molar-refractivity contribution is 14.1. The summed E-state index contributed by atoms with van der Waals surface area (Å²) in [5, 5.41) is 0. The van der Waals surface area contributed by atoms with Crippen molar-refractivity contribution in [3.05, 3.63) is 0 Å². The first kappa shape index (κ1) is 10.6. The van der Waals surface area contributed by atoms with Crippen LogP contribution < -0.4 is 5.90 Å². The van der Waals surface area contributed by atoms with Gasteiger partial charge in [-0.05, 0) is 0 Å². The van der Waals surface area contributed by atoms with Crippen molar-refractivity contribution in [2.45, 2.75) is 20.3 Å². The normalized spacial score (nSPS) is 6.86. The summed E-state index contributed by atoms with van der Waals surface area (Å²) in [4.78, 5) is 4.03. The Labute approximate surface area is 58.5 Å². The minimum atomic E-state index is 0.567. The van der Waals surface area contributed by atoms with Crippen molar-refractivity contribution in [3.8, 4) is 0 Å². The van der Waals surface area contributed by atoms with Crippen molar-refractivity contribution < 1.29 is 4.84 Å². The van der Waals surface area contributed by atoms with E-state index in [0.717, 1.165) is 0 Å². The fraction of sp³-hybridized carbons (Fsp3) is 1.00. The van der Waals surface area contributed by atoms with Gasteiger partial charge in [-0.2, -0.15) is 0 Å². The second kappa shape index (κ2) is 15.9. The summed E-state index contributed by atoms with van der Waals surface area (Å²) in [6.45, 7) is 4.25. The van der Waals surface area contributed by atoms with E-state index in [4.69, 9.17) is 0 Å². The van der Waals surface area contributed by atoms with Gasteiger partial charge in [-0.15, -0.1) is 0 Å². The average Bonchev–Trinajstić information content (AvgIpc) is 1.69. The van der Waals surface area contributed by atoms with E-state index in [1.165, 1.54) is 6.42 Å². The first-order valence-electron chi connectivity index (χ1n) is 2.21. The molecule has 0 spiro atoms. The number of rotatable bonds is 1. The minimum Gasteiger partial charge on any atom is -0.294 e. The fourth-order valence-electron chi connectivity index (χ4n) is 0. The Kier molecular flexibility index (Phi) is 24.1. The molecule has 0 saturated heterocycles. The quantitative estimate of drug-likeness (QED) is 0.412. The van der Waals surface area contributed by atoms with Crippen molar-refractivity contribution in [2.75, 3.05) is 4.61 Å². The summed E-state index contributed by atoms with van der Waals surface area (Å²) in [6.07, 6.45) is 1.25. The van der Waals surface area contributed by atoms with Gasteiger partial charge in [0.05, 0.1) is 0 Å². The van der Waals surface area contributed by atoms with E-state index < -0.39 is 0 Å². The molecule has 2 nitrogen and oxygen atoms in total. The van der Waals surface area contributed by atoms with E-state index in [2.05, 4.69) is 24.6 Å². The molecule has 0 aliphatic carbocycles. The number of hydrogen-bond donors (Lipinski definition) is 1. The van der Waals surface area contributed by atoms with Crippen LogP contribution in [-0.4, -0.2) is 4.61 Å². The van der Waals surface area contributed by atoms with E-state index in [-0.39, 0.29) is 0 Å². The van der Waals surface area contributed by atoms with Gasteiger partial charge < -0.3 is 0 Å². The molecule has 0 amide bonds. The van der Waals surface area contributed by atoms with Gasteiger partial charge in [0.1, 0.15) is 4.61 Å². The summed E-state index contributed by atoms with van der Waals surface area (Å²) in [6, 6.07) is 0. The SMILES string of the molecule is CCC.NOCI. The molecule has 0 aromatic heterocycles. The molecule has 0 saturated carbocycles. The molecule has 0 bridgehead atoms. The van der Waals surface area contributed by atoms with Crippen LogP contribution in [0, 0.1) is 0 Å². The molecule has 0 heterocycles. The molecule has 0 aromatic rings. The molecule has 0 aliphatic heterocycles. The molecule has 7 heavy (non-hydrogen) atoms. The number of alkyl halides is 1. The highest BCUT2D eigenvalue weighted by Crippen LogP contribution is 1.71. The van der Waals surface area contributed by atoms with Crippen LogP contribution in [0.3, 0.4) is 0 Å². The standard InChI is InChI=1S/C3H8.CH4INO/c1-3-2;2-1-4-3/h3H2,1-2H3;1,3H2. The first-order valence-corrected chi connectivity index (χ1v) is 3.73. The maximum atomic E-state index is 4.52. The van der Waals surface area contributed by atoms with Gasteiger partial charge in [0.2, 0.25) is 0 Å². The van der Waals surface area contributed by atoms with Crippen LogP contribution in [0.5, 0.6) is 0 Å².